The second-order valence-corrected chi connectivity index (χ2v) is 1.42. The molecule has 0 saturated heterocycles. The highest BCUT2D eigenvalue weighted by Gasteiger charge is 2.01. The van der Waals surface area contributed by atoms with Gasteiger partial charge in [0, 0.05) is 20.1 Å². The molecule has 9 heavy (non-hydrogen) atoms. The third-order valence-electron chi connectivity index (χ3n) is 0.695. The lowest BCUT2D eigenvalue weighted by atomic mass is 10.5. The van der Waals surface area contributed by atoms with Gasteiger partial charge in [-0.3, -0.25) is 0 Å². The van der Waals surface area contributed by atoms with E-state index in [4.69, 9.17) is 5.21 Å². The predicted octanol–water partition coefficient (Wildman–Crippen LogP) is 0.123. The van der Waals surface area contributed by atoms with E-state index in [-0.39, 0.29) is 6.61 Å². The van der Waals surface area contributed by atoms with E-state index < -0.39 is 5.09 Å². The molecule has 0 rings (SSSR count). The van der Waals surface area contributed by atoms with Gasteiger partial charge in [0.05, 0.1) is 0 Å². The second kappa shape index (κ2) is 5.30. The highest BCUT2D eigenvalue weighted by molar-refractivity contribution is 4.27. The molecule has 0 radical (unpaired) electrons. The van der Waals surface area contributed by atoms with E-state index in [2.05, 4.69) is 9.57 Å². The van der Waals surface area contributed by atoms with E-state index >= 15 is 0 Å². The van der Waals surface area contributed by atoms with Crippen LogP contribution in [0.5, 0.6) is 0 Å². The minimum absolute atomic E-state index is 0.174. The summed E-state index contributed by atoms with van der Waals surface area (Å²) in [6.07, 6.45) is 0.593. The minimum atomic E-state index is -0.560. The molecule has 0 fully saturated rings. The van der Waals surface area contributed by atoms with Gasteiger partial charge < -0.3 is 4.74 Å². The van der Waals surface area contributed by atoms with Crippen LogP contribution in [0.3, 0.4) is 0 Å². The molecule has 0 aromatic carbocycles. The quantitative estimate of drug-likeness (QED) is 0.431. The Morgan fingerprint density at radius 2 is 2.22 bits per heavy atom. The molecule has 0 spiro atoms. The summed E-state index contributed by atoms with van der Waals surface area (Å²) in [5, 5.41) is 7.31. The van der Waals surface area contributed by atoms with E-state index in [1.807, 2.05) is 0 Å². The van der Waals surface area contributed by atoms with Crippen molar-refractivity contribution in [1.82, 2.24) is 0 Å². The summed E-state index contributed by atoms with van der Waals surface area (Å²) >= 11 is 0. The monoisotopic (exact) mass is 136 g/mol. The van der Waals surface area contributed by atoms with Crippen LogP contribution >= 0.6 is 0 Å². The van der Waals surface area contributed by atoms with Gasteiger partial charge in [0.25, 0.3) is 0 Å². The van der Waals surface area contributed by atoms with Crippen LogP contribution in [-0.4, -0.2) is 30.6 Å². The Kier molecular flexibility index (Phi) is 4.81. The third kappa shape index (κ3) is 7.16. The molecule has 54 valence electrons. The molecule has 0 aliphatic rings. The summed E-state index contributed by atoms with van der Waals surface area (Å²) in [5.74, 6) is 0. The fourth-order valence-corrected chi connectivity index (χ4v) is 0.346. The zero-order chi connectivity index (χ0) is 7.11. The van der Waals surface area contributed by atoms with Crippen molar-refractivity contribution in [3.63, 3.8) is 0 Å². The van der Waals surface area contributed by atoms with Crippen LogP contribution in [0.25, 0.3) is 0 Å². The van der Waals surface area contributed by atoms with E-state index in [9.17, 15) is 4.91 Å². The first-order valence-electron chi connectivity index (χ1n) is 2.55. The molecule has 0 heterocycles. The zero-order valence-corrected chi connectivity index (χ0v) is 5.24. The lowest BCUT2D eigenvalue weighted by Crippen LogP contribution is -2.06. The van der Waals surface area contributed by atoms with Gasteiger partial charge in [-0.2, -0.15) is 4.84 Å². The van der Waals surface area contributed by atoms with Crippen LogP contribution in [-0.2, 0) is 9.57 Å². The highest BCUT2D eigenvalue weighted by atomic mass is 16.9. The van der Waals surface area contributed by atoms with Crippen molar-refractivity contribution in [2.75, 3.05) is 20.3 Å². The molecule has 0 aliphatic carbocycles. The van der Waals surface area contributed by atoms with E-state index in [1.54, 1.807) is 7.11 Å². The highest BCUT2D eigenvalue weighted by Crippen LogP contribution is 1.81. The van der Waals surface area contributed by atoms with Crippen LogP contribution in [0.1, 0.15) is 6.42 Å². The molecule has 5 heteroatoms. The maximum atomic E-state index is 9.62. The fraction of sp³-hybridized carbons (Fsp3) is 1.00. The van der Waals surface area contributed by atoms with Crippen LogP contribution in [0.15, 0.2) is 0 Å². The minimum Gasteiger partial charge on any atom is -0.385 e. The zero-order valence-electron chi connectivity index (χ0n) is 5.24. The molecule has 5 nitrogen and oxygen atoms in total. The molecular weight excluding hydrogens is 126 g/mol. The molecule has 1 N–H and O–H groups in total. The molecule has 0 saturated carbocycles. The molecule has 0 aliphatic heterocycles. The van der Waals surface area contributed by atoms with Gasteiger partial charge in [-0.05, 0) is 0 Å². The van der Waals surface area contributed by atoms with Crippen molar-refractivity contribution in [3.8, 4) is 0 Å². The summed E-state index contributed by atoms with van der Waals surface area (Å²) < 4.78 is 4.64. The smallest absolute Gasteiger partial charge is 0.385 e. The van der Waals surface area contributed by atoms with Crippen molar-refractivity contribution in [1.29, 1.82) is 0 Å². The lowest BCUT2D eigenvalue weighted by Gasteiger charge is -1.90. The lowest BCUT2D eigenvalue weighted by molar-refractivity contribution is -0.975. The summed E-state index contributed by atoms with van der Waals surface area (Å²) in [7, 11) is 1.55. The van der Waals surface area contributed by atoms with E-state index in [1.165, 1.54) is 0 Å². The van der Waals surface area contributed by atoms with Crippen LogP contribution in [0.2, 0.25) is 0 Å². The van der Waals surface area contributed by atoms with Crippen molar-refractivity contribution < 1.29 is 19.9 Å². The number of hydrogen-bond acceptors (Lipinski definition) is 3. The number of hydrogen-bond donors (Lipinski definition) is 1. The first-order valence-corrected chi connectivity index (χ1v) is 2.55. The van der Waals surface area contributed by atoms with Gasteiger partial charge in [0.2, 0.25) is 0 Å². The van der Waals surface area contributed by atoms with Crippen LogP contribution in [0, 0.1) is 4.91 Å². The Hall–Kier alpha value is -0.840. The topological polar surface area (TPSA) is 58.8 Å². The van der Waals surface area contributed by atoms with Crippen molar-refractivity contribution >= 4 is 0 Å². The molecule has 0 aromatic heterocycles. The molecule has 0 amide bonds. The SMILES string of the molecule is COCCCO[N+](=O)O. The summed E-state index contributed by atoms with van der Waals surface area (Å²) in [6, 6.07) is 0. The Morgan fingerprint density at radius 3 is 2.67 bits per heavy atom. The maximum Gasteiger partial charge on any atom is 0.475 e. The van der Waals surface area contributed by atoms with Crippen molar-refractivity contribution in [3.05, 3.63) is 4.91 Å². The maximum absolute atomic E-state index is 9.62. The Morgan fingerprint density at radius 1 is 1.56 bits per heavy atom. The Labute approximate surface area is 52.7 Å². The van der Waals surface area contributed by atoms with Crippen molar-refractivity contribution in [2.45, 2.75) is 6.42 Å². The molecule has 0 aromatic rings. The standard InChI is InChI=1S/C4H10NO4/c1-8-3-2-4-9-5(6)7/h2-4H2,1H3,(H,6,7)/q+1. The van der Waals surface area contributed by atoms with Crippen molar-refractivity contribution in [2.24, 2.45) is 0 Å². The number of rotatable bonds is 5. The second-order valence-electron chi connectivity index (χ2n) is 1.42. The predicted molar refractivity (Wildman–Crippen MR) is 27.9 cm³/mol. The Balaban J connectivity index is 2.83. The van der Waals surface area contributed by atoms with Gasteiger partial charge in [-0.15, -0.1) is 0 Å². The van der Waals surface area contributed by atoms with E-state index in [0.717, 1.165) is 0 Å². The first-order chi connectivity index (χ1) is 4.27. The van der Waals surface area contributed by atoms with Gasteiger partial charge in [0.1, 0.15) is 4.91 Å². The fourth-order valence-electron chi connectivity index (χ4n) is 0.346. The number of methoxy groups -OCH3 is 1. The summed E-state index contributed by atoms with van der Waals surface area (Å²) in [6.45, 7) is 0.696. The number of ether oxygens (including phenoxy) is 1. The van der Waals surface area contributed by atoms with Gasteiger partial charge in [0.15, 0.2) is 6.61 Å². The number of nitrogens with zero attached hydrogens (tertiary/aromatic N) is 1. The van der Waals surface area contributed by atoms with Crippen LogP contribution in [0.4, 0.5) is 0 Å². The summed E-state index contributed by atoms with van der Waals surface area (Å²) in [5.41, 5.74) is 0. The van der Waals surface area contributed by atoms with Crippen LogP contribution < -0.4 is 0 Å². The summed E-state index contributed by atoms with van der Waals surface area (Å²) in [4.78, 5) is 13.7. The molecule has 0 atom stereocenters. The van der Waals surface area contributed by atoms with Gasteiger partial charge >= 0.3 is 5.09 Å². The molecule has 0 bridgehead atoms. The molecule has 0 unspecified atom stereocenters. The third-order valence-corrected chi connectivity index (χ3v) is 0.695. The average molecular weight is 136 g/mol. The van der Waals surface area contributed by atoms with Gasteiger partial charge in [-0.25, -0.2) is 5.21 Å². The first kappa shape index (κ1) is 8.16. The molecular formula is C4H10NO4+. The average Bonchev–Trinajstić information content (AvgIpc) is 1.80. The largest absolute Gasteiger partial charge is 0.475 e. The Bertz CT molecular complexity index is 84.6. The normalized spacial score (nSPS) is 9.00. The van der Waals surface area contributed by atoms with E-state index in [0.29, 0.717) is 13.0 Å². The van der Waals surface area contributed by atoms with Gasteiger partial charge in [-0.1, -0.05) is 0 Å².